The minimum Gasteiger partial charge on any atom is -0.478 e. The first-order valence-electron chi connectivity index (χ1n) is 5.51. The van der Waals surface area contributed by atoms with Crippen LogP contribution in [0.15, 0.2) is 18.2 Å². The van der Waals surface area contributed by atoms with Gasteiger partial charge >= 0.3 is 5.97 Å². The van der Waals surface area contributed by atoms with Crippen LogP contribution in [0.1, 0.15) is 21.5 Å². The molecule has 0 bridgehead atoms. The lowest BCUT2D eigenvalue weighted by Crippen LogP contribution is -2.04. The summed E-state index contributed by atoms with van der Waals surface area (Å²) in [4.78, 5) is 11.0. The van der Waals surface area contributed by atoms with Gasteiger partial charge in [0.15, 0.2) is 0 Å². The van der Waals surface area contributed by atoms with Crippen LogP contribution in [0.4, 0.5) is 0 Å². The van der Waals surface area contributed by atoms with Crippen molar-refractivity contribution in [3.05, 3.63) is 34.9 Å². The molecular formula is C13H18O4. The van der Waals surface area contributed by atoms with E-state index in [-0.39, 0.29) is 0 Å². The molecule has 4 nitrogen and oxygen atoms in total. The monoisotopic (exact) mass is 238 g/mol. The Labute approximate surface area is 101 Å². The van der Waals surface area contributed by atoms with Gasteiger partial charge in [0.2, 0.25) is 0 Å². The van der Waals surface area contributed by atoms with Crippen LogP contribution in [-0.2, 0) is 22.3 Å². The Morgan fingerprint density at radius 3 is 1.88 bits per heavy atom. The van der Waals surface area contributed by atoms with E-state index in [9.17, 15) is 4.79 Å². The van der Waals surface area contributed by atoms with Crippen LogP contribution in [0.5, 0.6) is 0 Å². The number of carboxylic acids is 1. The maximum absolute atomic E-state index is 11.0. The van der Waals surface area contributed by atoms with Crippen molar-refractivity contribution in [3.8, 4) is 0 Å². The highest BCUT2D eigenvalue weighted by Gasteiger charge is 2.07. The first kappa shape index (κ1) is 13.7. The lowest BCUT2D eigenvalue weighted by Gasteiger charge is -2.07. The van der Waals surface area contributed by atoms with Gasteiger partial charge in [0.05, 0.1) is 18.8 Å². The maximum atomic E-state index is 11.0. The van der Waals surface area contributed by atoms with Crippen molar-refractivity contribution in [2.24, 2.45) is 0 Å². The number of carbonyl (C=O) groups is 1. The van der Waals surface area contributed by atoms with Crippen molar-refractivity contribution >= 4 is 5.97 Å². The summed E-state index contributed by atoms with van der Waals surface area (Å²) in [5, 5.41) is 9.02. The molecule has 1 N–H and O–H groups in total. The number of ether oxygens (including phenoxy) is 2. The van der Waals surface area contributed by atoms with Gasteiger partial charge in [-0.25, -0.2) is 4.79 Å². The van der Waals surface area contributed by atoms with Crippen LogP contribution in [0, 0.1) is 0 Å². The third-order valence-electron chi connectivity index (χ3n) is 2.49. The van der Waals surface area contributed by atoms with Crippen LogP contribution in [0.25, 0.3) is 0 Å². The molecule has 0 fully saturated rings. The third-order valence-corrected chi connectivity index (χ3v) is 2.49. The van der Waals surface area contributed by atoms with Crippen LogP contribution in [-0.4, -0.2) is 38.5 Å². The van der Waals surface area contributed by atoms with Crippen LogP contribution in [0.3, 0.4) is 0 Å². The van der Waals surface area contributed by atoms with Crippen LogP contribution < -0.4 is 0 Å². The zero-order chi connectivity index (χ0) is 12.7. The average Bonchev–Trinajstić information content (AvgIpc) is 2.33. The van der Waals surface area contributed by atoms with Crippen molar-refractivity contribution in [3.63, 3.8) is 0 Å². The molecule has 4 heteroatoms. The Morgan fingerprint density at radius 2 is 1.53 bits per heavy atom. The number of benzene rings is 1. The molecule has 0 saturated carbocycles. The van der Waals surface area contributed by atoms with E-state index in [1.54, 1.807) is 26.4 Å². The third kappa shape index (κ3) is 4.54. The zero-order valence-corrected chi connectivity index (χ0v) is 10.2. The van der Waals surface area contributed by atoms with Gasteiger partial charge in [-0.15, -0.1) is 0 Å². The molecule has 0 radical (unpaired) electrons. The quantitative estimate of drug-likeness (QED) is 0.786. The largest absolute Gasteiger partial charge is 0.478 e. The Balaban J connectivity index is 2.88. The number of hydrogen-bond donors (Lipinski definition) is 1. The topological polar surface area (TPSA) is 55.8 Å². The van der Waals surface area contributed by atoms with Gasteiger partial charge in [0, 0.05) is 14.2 Å². The fourth-order valence-electron chi connectivity index (χ4n) is 1.61. The molecule has 0 saturated heterocycles. The van der Waals surface area contributed by atoms with Crippen molar-refractivity contribution < 1.29 is 19.4 Å². The summed E-state index contributed by atoms with van der Waals surface area (Å²) in [5.74, 6) is -0.900. The Hall–Kier alpha value is -1.39. The zero-order valence-electron chi connectivity index (χ0n) is 10.2. The minimum absolute atomic E-state index is 0.324. The molecule has 0 heterocycles. The second kappa shape index (κ2) is 7.04. The van der Waals surface area contributed by atoms with Gasteiger partial charge in [-0.05, 0) is 36.1 Å². The molecule has 0 amide bonds. The molecule has 0 aromatic heterocycles. The number of rotatable bonds is 7. The standard InChI is InChI=1S/C13H18O4/c1-16-5-3-10-7-11(4-6-17-2)9-12(8-10)13(14)15/h7-9H,3-6H2,1-2H3,(H,14,15). The molecule has 0 aliphatic heterocycles. The first-order chi connectivity index (χ1) is 8.17. The van der Waals surface area contributed by atoms with Crippen molar-refractivity contribution in [1.82, 2.24) is 0 Å². The maximum Gasteiger partial charge on any atom is 0.335 e. The molecule has 1 aromatic carbocycles. The molecule has 17 heavy (non-hydrogen) atoms. The lowest BCUT2D eigenvalue weighted by atomic mass is 10.0. The van der Waals surface area contributed by atoms with Gasteiger partial charge in [-0.2, -0.15) is 0 Å². The second-order valence-corrected chi connectivity index (χ2v) is 3.83. The van der Waals surface area contributed by atoms with E-state index in [1.807, 2.05) is 6.07 Å². The number of carboxylic acid groups (broad SMARTS) is 1. The summed E-state index contributed by atoms with van der Waals surface area (Å²) in [6.07, 6.45) is 1.44. The predicted molar refractivity (Wildman–Crippen MR) is 64.6 cm³/mol. The number of aromatic carboxylic acids is 1. The summed E-state index contributed by atoms with van der Waals surface area (Å²) >= 11 is 0. The summed E-state index contributed by atoms with van der Waals surface area (Å²) < 4.78 is 9.99. The highest BCUT2D eigenvalue weighted by Crippen LogP contribution is 2.12. The molecule has 0 atom stereocenters. The first-order valence-corrected chi connectivity index (χ1v) is 5.51. The number of hydrogen-bond acceptors (Lipinski definition) is 3. The molecule has 94 valence electrons. The summed E-state index contributed by atoms with van der Waals surface area (Å²) in [6.45, 7) is 1.18. The SMILES string of the molecule is COCCc1cc(CCOC)cc(C(=O)O)c1. The molecule has 1 aromatic rings. The van der Waals surface area contributed by atoms with Gasteiger partial charge in [0.1, 0.15) is 0 Å². The molecule has 0 aliphatic carbocycles. The van der Waals surface area contributed by atoms with Crippen LogP contribution in [0.2, 0.25) is 0 Å². The van der Waals surface area contributed by atoms with Gasteiger partial charge < -0.3 is 14.6 Å². The Bertz CT molecular complexity index is 347. The van der Waals surface area contributed by atoms with Gasteiger partial charge in [-0.3, -0.25) is 0 Å². The van der Waals surface area contributed by atoms with E-state index in [1.165, 1.54) is 0 Å². The molecule has 0 aliphatic rings. The Morgan fingerprint density at radius 1 is 1.06 bits per heavy atom. The molecule has 1 rings (SSSR count). The highest BCUT2D eigenvalue weighted by atomic mass is 16.5. The highest BCUT2D eigenvalue weighted by molar-refractivity contribution is 5.88. The summed E-state index contributed by atoms with van der Waals surface area (Å²) in [6, 6.07) is 5.39. The van der Waals surface area contributed by atoms with E-state index >= 15 is 0 Å². The smallest absolute Gasteiger partial charge is 0.335 e. The molecular weight excluding hydrogens is 220 g/mol. The van der Waals surface area contributed by atoms with Crippen molar-refractivity contribution in [2.45, 2.75) is 12.8 Å². The fourth-order valence-corrected chi connectivity index (χ4v) is 1.61. The van der Waals surface area contributed by atoms with E-state index in [4.69, 9.17) is 14.6 Å². The predicted octanol–water partition coefficient (Wildman–Crippen LogP) is 1.76. The van der Waals surface area contributed by atoms with Crippen molar-refractivity contribution in [1.29, 1.82) is 0 Å². The summed E-state index contributed by atoms with van der Waals surface area (Å²) in [5.41, 5.74) is 2.29. The van der Waals surface area contributed by atoms with E-state index in [0.29, 0.717) is 18.8 Å². The van der Waals surface area contributed by atoms with Gasteiger partial charge in [-0.1, -0.05) is 6.07 Å². The normalized spacial score (nSPS) is 10.5. The Kier molecular flexibility index (Phi) is 5.66. The van der Waals surface area contributed by atoms with E-state index in [0.717, 1.165) is 24.0 Å². The lowest BCUT2D eigenvalue weighted by molar-refractivity contribution is 0.0696. The fraction of sp³-hybridized carbons (Fsp3) is 0.462. The second-order valence-electron chi connectivity index (χ2n) is 3.83. The number of methoxy groups -OCH3 is 2. The summed E-state index contributed by atoms with van der Waals surface area (Å²) in [7, 11) is 3.26. The molecule has 0 spiro atoms. The molecule has 0 unspecified atom stereocenters. The van der Waals surface area contributed by atoms with Crippen LogP contribution >= 0.6 is 0 Å². The minimum atomic E-state index is -0.900. The van der Waals surface area contributed by atoms with Gasteiger partial charge in [0.25, 0.3) is 0 Å². The van der Waals surface area contributed by atoms with Crippen molar-refractivity contribution in [2.75, 3.05) is 27.4 Å². The van der Waals surface area contributed by atoms with E-state index < -0.39 is 5.97 Å². The van der Waals surface area contributed by atoms with E-state index in [2.05, 4.69) is 0 Å². The average molecular weight is 238 g/mol.